The molecule has 1 rings (SSSR count). The van der Waals surface area contributed by atoms with Crippen LogP contribution in [0.1, 0.15) is 16.7 Å². The third kappa shape index (κ3) is 2.90. The predicted molar refractivity (Wildman–Crippen MR) is 56.2 cm³/mol. The lowest BCUT2D eigenvalue weighted by molar-refractivity contribution is 0.249. The number of nitrogens with one attached hydrogen (secondary N) is 1. The molecule has 0 saturated carbocycles. The van der Waals surface area contributed by atoms with Crippen molar-refractivity contribution in [1.29, 1.82) is 0 Å². The molecule has 0 aromatic heterocycles. The van der Waals surface area contributed by atoms with Crippen LogP contribution in [0.25, 0.3) is 0 Å². The van der Waals surface area contributed by atoms with E-state index in [1.54, 1.807) is 6.21 Å². The Morgan fingerprint density at radius 3 is 2.79 bits per heavy atom. The lowest BCUT2D eigenvalue weighted by Crippen LogP contribution is -2.24. The van der Waals surface area contributed by atoms with Gasteiger partial charge in [0, 0.05) is 0 Å². The first-order chi connectivity index (χ1) is 6.59. The van der Waals surface area contributed by atoms with Crippen molar-refractivity contribution in [2.75, 3.05) is 0 Å². The fraction of sp³-hybridized carbons (Fsp3) is 0.200. The number of nitrogens with zero attached hydrogens (tertiary/aromatic N) is 1. The van der Waals surface area contributed by atoms with Gasteiger partial charge < -0.3 is 5.73 Å². The normalized spacial score (nSPS) is 10.4. The summed E-state index contributed by atoms with van der Waals surface area (Å²) in [6.07, 6.45) is 1.57. The average molecular weight is 191 g/mol. The highest BCUT2D eigenvalue weighted by molar-refractivity contribution is 5.83. The standard InChI is InChI=1S/C10H13N3O/c1-7-3-4-9(8(2)5-7)6-12-13-10(11)14/h3-6H,1-2H3,(H3,11,13,14)/b12-6-. The number of hydrazone groups is 1. The zero-order valence-corrected chi connectivity index (χ0v) is 8.24. The van der Waals surface area contributed by atoms with Gasteiger partial charge in [-0.1, -0.05) is 23.8 Å². The Bertz CT molecular complexity index is 372. The molecule has 0 saturated heterocycles. The lowest BCUT2D eigenvalue weighted by Gasteiger charge is -2.00. The molecule has 0 unspecified atom stereocenters. The van der Waals surface area contributed by atoms with Crippen LogP contribution in [0.15, 0.2) is 23.3 Å². The number of carbonyl (C=O) groups is 1. The number of aryl methyl sites for hydroxylation is 2. The summed E-state index contributed by atoms with van der Waals surface area (Å²) < 4.78 is 0. The Morgan fingerprint density at radius 1 is 1.50 bits per heavy atom. The van der Waals surface area contributed by atoms with E-state index in [4.69, 9.17) is 5.73 Å². The van der Waals surface area contributed by atoms with Crippen LogP contribution in [0.4, 0.5) is 4.79 Å². The van der Waals surface area contributed by atoms with Gasteiger partial charge >= 0.3 is 6.03 Å². The Hall–Kier alpha value is -1.84. The van der Waals surface area contributed by atoms with Crippen LogP contribution in [0.2, 0.25) is 0 Å². The molecule has 2 amide bonds. The van der Waals surface area contributed by atoms with Crippen molar-refractivity contribution in [2.24, 2.45) is 10.8 Å². The van der Waals surface area contributed by atoms with Gasteiger partial charge in [0.25, 0.3) is 0 Å². The fourth-order valence-corrected chi connectivity index (χ4v) is 1.14. The third-order valence-corrected chi connectivity index (χ3v) is 1.80. The van der Waals surface area contributed by atoms with Crippen LogP contribution in [-0.4, -0.2) is 12.2 Å². The summed E-state index contributed by atoms with van der Waals surface area (Å²) in [5.74, 6) is 0. The maximum atomic E-state index is 10.3. The number of nitrogens with two attached hydrogens (primary N) is 1. The molecule has 0 fully saturated rings. The molecule has 1 aromatic rings. The smallest absolute Gasteiger partial charge is 0.332 e. The molecule has 0 atom stereocenters. The van der Waals surface area contributed by atoms with Crippen molar-refractivity contribution in [2.45, 2.75) is 13.8 Å². The summed E-state index contributed by atoms with van der Waals surface area (Å²) in [6, 6.07) is 5.31. The van der Waals surface area contributed by atoms with E-state index in [1.165, 1.54) is 5.56 Å². The molecule has 3 N–H and O–H groups in total. The topological polar surface area (TPSA) is 67.5 Å². The highest BCUT2D eigenvalue weighted by Gasteiger charge is 1.94. The number of benzene rings is 1. The molecule has 4 heteroatoms. The third-order valence-electron chi connectivity index (χ3n) is 1.80. The molecule has 0 heterocycles. The highest BCUT2D eigenvalue weighted by atomic mass is 16.2. The van der Waals surface area contributed by atoms with Crippen LogP contribution in [0.5, 0.6) is 0 Å². The number of amides is 2. The Labute approximate surface area is 82.8 Å². The summed E-state index contributed by atoms with van der Waals surface area (Å²) in [5.41, 5.74) is 10.3. The number of rotatable bonds is 2. The van der Waals surface area contributed by atoms with Gasteiger partial charge in [0.1, 0.15) is 0 Å². The van der Waals surface area contributed by atoms with Gasteiger partial charge in [0.05, 0.1) is 6.21 Å². The molecule has 74 valence electrons. The molecule has 0 spiro atoms. The van der Waals surface area contributed by atoms with Gasteiger partial charge in [-0.25, -0.2) is 10.2 Å². The molecular weight excluding hydrogens is 178 g/mol. The Kier molecular flexibility index (Phi) is 3.23. The zero-order chi connectivity index (χ0) is 10.6. The summed E-state index contributed by atoms with van der Waals surface area (Å²) >= 11 is 0. The SMILES string of the molecule is Cc1ccc(/C=N\NC(N)=O)c(C)c1. The van der Waals surface area contributed by atoms with Crippen molar-refractivity contribution in [3.05, 3.63) is 34.9 Å². The van der Waals surface area contributed by atoms with Crippen molar-refractivity contribution in [3.63, 3.8) is 0 Å². The van der Waals surface area contributed by atoms with E-state index in [1.807, 2.05) is 32.0 Å². The van der Waals surface area contributed by atoms with Crippen LogP contribution >= 0.6 is 0 Å². The fourth-order valence-electron chi connectivity index (χ4n) is 1.14. The minimum atomic E-state index is -0.661. The summed E-state index contributed by atoms with van der Waals surface area (Å²) in [4.78, 5) is 10.3. The van der Waals surface area contributed by atoms with E-state index in [-0.39, 0.29) is 0 Å². The van der Waals surface area contributed by atoms with E-state index in [0.29, 0.717) is 0 Å². The van der Waals surface area contributed by atoms with E-state index < -0.39 is 6.03 Å². The minimum absolute atomic E-state index is 0.661. The van der Waals surface area contributed by atoms with E-state index >= 15 is 0 Å². The van der Waals surface area contributed by atoms with E-state index in [9.17, 15) is 4.79 Å². The molecular formula is C10H13N3O. The van der Waals surface area contributed by atoms with E-state index in [0.717, 1.165) is 11.1 Å². The maximum absolute atomic E-state index is 10.3. The molecule has 0 aliphatic carbocycles. The van der Waals surface area contributed by atoms with Gasteiger partial charge in [-0.05, 0) is 25.0 Å². The van der Waals surface area contributed by atoms with Crippen LogP contribution in [-0.2, 0) is 0 Å². The number of carbonyl (C=O) groups excluding carboxylic acids is 1. The molecule has 14 heavy (non-hydrogen) atoms. The average Bonchev–Trinajstić information content (AvgIpc) is 2.08. The Balaban J connectivity index is 2.76. The molecule has 0 aliphatic rings. The van der Waals surface area contributed by atoms with Crippen molar-refractivity contribution >= 4 is 12.2 Å². The number of hydrogen-bond donors (Lipinski definition) is 2. The molecule has 1 aromatic carbocycles. The first-order valence-corrected chi connectivity index (χ1v) is 4.25. The van der Waals surface area contributed by atoms with Gasteiger partial charge in [0.2, 0.25) is 0 Å². The van der Waals surface area contributed by atoms with E-state index in [2.05, 4.69) is 10.5 Å². The van der Waals surface area contributed by atoms with Crippen LogP contribution in [0, 0.1) is 13.8 Å². The number of hydrogen-bond acceptors (Lipinski definition) is 2. The zero-order valence-electron chi connectivity index (χ0n) is 8.24. The second-order valence-electron chi connectivity index (χ2n) is 3.09. The second kappa shape index (κ2) is 4.41. The molecule has 0 bridgehead atoms. The van der Waals surface area contributed by atoms with Crippen molar-refractivity contribution in [3.8, 4) is 0 Å². The minimum Gasteiger partial charge on any atom is -0.350 e. The van der Waals surface area contributed by atoms with Crippen molar-refractivity contribution < 1.29 is 4.79 Å². The molecule has 0 radical (unpaired) electrons. The van der Waals surface area contributed by atoms with Crippen LogP contribution < -0.4 is 11.2 Å². The number of urea groups is 1. The first-order valence-electron chi connectivity index (χ1n) is 4.25. The number of primary amides is 1. The summed E-state index contributed by atoms with van der Waals surface area (Å²) in [5, 5.41) is 3.68. The monoisotopic (exact) mass is 191 g/mol. The summed E-state index contributed by atoms with van der Waals surface area (Å²) in [7, 11) is 0. The Morgan fingerprint density at radius 2 is 2.21 bits per heavy atom. The second-order valence-corrected chi connectivity index (χ2v) is 3.09. The molecule has 0 aliphatic heterocycles. The van der Waals surface area contributed by atoms with Gasteiger partial charge in [-0.2, -0.15) is 5.10 Å². The van der Waals surface area contributed by atoms with Gasteiger partial charge in [-0.15, -0.1) is 0 Å². The summed E-state index contributed by atoms with van der Waals surface area (Å²) in [6.45, 7) is 4.01. The predicted octanol–water partition coefficient (Wildman–Crippen LogP) is 1.31. The van der Waals surface area contributed by atoms with Crippen molar-refractivity contribution in [1.82, 2.24) is 5.43 Å². The maximum Gasteiger partial charge on any atom is 0.332 e. The van der Waals surface area contributed by atoms with Crippen LogP contribution in [0.3, 0.4) is 0 Å². The highest BCUT2D eigenvalue weighted by Crippen LogP contribution is 2.07. The lowest BCUT2D eigenvalue weighted by atomic mass is 10.1. The largest absolute Gasteiger partial charge is 0.350 e. The quantitative estimate of drug-likeness (QED) is 0.537. The molecule has 4 nitrogen and oxygen atoms in total. The van der Waals surface area contributed by atoms with Gasteiger partial charge in [-0.3, -0.25) is 0 Å². The van der Waals surface area contributed by atoms with Gasteiger partial charge in [0.15, 0.2) is 0 Å². The first kappa shape index (κ1) is 10.2.